The smallest absolute Gasteiger partial charge is 0.262 e. The van der Waals surface area contributed by atoms with E-state index in [4.69, 9.17) is 16.3 Å². The number of carbonyl (C=O) groups excluding carboxylic acids is 2. The molecule has 2 N–H and O–H groups in total. The number of rotatable bonds is 6. The van der Waals surface area contributed by atoms with Crippen molar-refractivity contribution in [2.24, 2.45) is 0 Å². The minimum Gasteiger partial charge on any atom is -0.484 e. The topological polar surface area (TPSA) is 67.4 Å². The number of hydrogen-bond donors (Lipinski definition) is 2. The summed E-state index contributed by atoms with van der Waals surface area (Å²) < 4.78 is 5.56. The lowest BCUT2D eigenvalue weighted by molar-refractivity contribution is -0.118. The summed E-state index contributed by atoms with van der Waals surface area (Å²) in [5.74, 6) is -0.0624. The summed E-state index contributed by atoms with van der Waals surface area (Å²) >= 11 is 6.07. The molecule has 6 heteroatoms. The molecule has 0 unspecified atom stereocenters. The van der Waals surface area contributed by atoms with E-state index in [1.165, 1.54) is 0 Å². The van der Waals surface area contributed by atoms with E-state index in [1.54, 1.807) is 48.5 Å². The highest BCUT2D eigenvalue weighted by atomic mass is 35.5. The highest BCUT2D eigenvalue weighted by Crippen LogP contribution is 2.23. The molecule has 0 saturated heterocycles. The molecule has 4 aromatic carbocycles. The Balaban J connectivity index is 1.34. The maximum Gasteiger partial charge on any atom is 0.262 e. The molecule has 0 aliphatic heterocycles. The Labute approximate surface area is 184 Å². The minimum absolute atomic E-state index is 0.144. The Kier molecular flexibility index (Phi) is 6.15. The third-order valence-corrected chi connectivity index (χ3v) is 5.00. The van der Waals surface area contributed by atoms with E-state index >= 15 is 0 Å². The monoisotopic (exact) mass is 430 g/mol. The summed E-state index contributed by atoms with van der Waals surface area (Å²) in [6, 6.07) is 27.1. The van der Waals surface area contributed by atoms with Crippen molar-refractivity contribution >= 4 is 45.6 Å². The molecule has 0 aliphatic carbocycles. The zero-order valence-corrected chi connectivity index (χ0v) is 17.2. The van der Waals surface area contributed by atoms with Crippen LogP contribution in [0.1, 0.15) is 10.4 Å². The van der Waals surface area contributed by atoms with Crippen molar-refractivity contribution in [1.82, 2.24) is 0 Å². The fraction of sp³-hybridized carbons (Fsp3) is 0.0400. The van der Waals surface area contributed by atoms with Crippen molar-refractivity contribution in [3.8, 4) is 5.75 Å². The van der Waals surface area contributed by atoms with Crippen LogP contribution in [0.2, 0.25) is 5.02 Å². The summed E-state index contributed by atoms with van der Waals surface area (Å²) in [5, 5.41) is 8.12. The number of halogens is 1. The van der Waals surface area contributed by atoms with Gasteiger partial charge in [0.15, 0.2) is 6.61 Å². The maximum atomic E-state index is 12.4. The van der Waals surface area contributed by atoms with Gasteiger partial charge in [0.05, 0.1) is 10.7 Å². The molecule has 31 heavy (non-hydrogen) atoms. The third-order valence-electron chi connectivity index (χ3n) is 4.67. The second kappa shape index (κ2) is 9.32. The van der Waals surface area contributed by atoms with Crippen LogP contribution < -0.4 is 15.4 Å². The fourth-order valence-electron chi connectivity index (χ4n) is 3.13. The van der Waals surface area contributed by atoms with Crippen molar-refractivity contribution in [2.45, 2.75) is 0 Å². The standard InChI is InChI=1S/C25H19ClN2O3/c26-21-9-3-4-10-23(21)28-25(30)18-12-14-19(15-13-18)31-16-24(29)27-22-11-5-7-17-6-1-2-8-20(17)22/h1-15H,16H2,(H,27,29)(H,28,30). The van der Waals surface area contributed by atoms with Crippen LogP contribution in [0.15, 0.2) is 91.0 Å². The van der Waals surface area contributed by atoms with Crippen molar-refractivity contribution in [1.29, 1.82) is 0 Å². The van der Waals surface area contributed by atoms with Gasteiger partial charge in [0.1, 0.15) is 5.75 Å². The van der Waals surface area contributed by atoms with E-state index in [0.29, 0.717) is 22.0 Å². The van der Waals surface area contributed by atoms with E-state index in [9.17, 15) is 9.59 Å². The highest BCUT2D eigenvalue weighted by Gasteiger charge is 2.10. The summed E-state index contributed by atoms with van der Waals surface area (Å²) in [7, 11) is 0. The van der Waals surface area contributed by atoms with Crippen molar-refractivity contribution in [3.05, 3.63) is 102 Å². The predicted octanol–water partition coefficient (Wildman–Crippen LogP) is 5.76. The number of nitrogens with one attached hydrogen (secondary N) is 2. The first-order chi connectivity index (χ1) is 15.1. The van der Waals surface area contributed by atoms with E-state index in [2.05, 4.69) is 10.6 Å². The van der Waals surface area contributed by atoms with E-state index < -0.39 is 0 Å². The highest BCUT2D eigenvalue weighted by molar-refractivity contribution is 6.33. The van der Waals surface area contributed by atoms with Gasteiger partial charge in [-0.2, -0.15) is 0 Å². The number of carbonyl (C=O) groups is 2. The Morgan fingerprint density at radius 3 is 2.23 bits per heavy atom. The molecule has 5 nitrogen and oxygen atoms in total. The fourth-order valence-corrected chi connectivity index (χ4v) is 3.31. The van der Waals surface area contributed by atoms with Gasteiger partial charge in [0.25, 0.3) is 11.8 Å². The Morgan fingerprint density at radius 2 is 1.42 bits per heavy atom. The van der Waals surface area contributed by atoms with Crippen LogP contribution in [-0.4, -0.2) is 18.4 Å². The number of ether oxygens (including phenoxy) is 1. The molecule has 0 aliphatic rings. The number of amides is 2. The molecule has 0 bridgehead atoms. The average molecular weight is 431 g/mol. The van der Waals surface area contributed by atoms with E-state index in [1.807, 2.05) is 42.5 Å². The van der Waals surface area contributed by atoms with Crippen LogP contribution >= 0.6 is 11.6 Å². The molecule has 0 fully saturated rings. The van der Waals surface area contributed by atoms with Crippen LogP contribution in [0, 0.1) is 0 Å². The summed E-state index contributed by atoms with van der Waals surface area (Å²) in [6.07, 6.45) is 0. The Hall–Kier alpha value is -3.83. The number of para-hydroxylation sites is 1. The van der Waals surface area contributed by atoms with Gasteiger partial charge in [-0.25, -0.2) is 0 Å². The van der Waals surface area contributed by atoms with Gasteiger partial charge in [0.2, 0.25) is 0 Å². The van der Waals surface area contributed by atoms with Gasteiger partial charge in [0, 0.05) is 16.6 Å². The van der Waals surface area contributed by atoms with E-state index in [0.717, 1.165) is 16.5 Å². The van der Waals surface area contributed by atoms with Gasteiger partial charge < -0.3 is 15.4 Å². The second-order valence-electron chi connectivity index (χ2n) is 6.82. The van der Waals surface area contributed by atoms with E-state index in [-0.39, 0.29) is 18.4 Å². The molecule has 2 amide bonds. The van der Waals surface area contributed by atoms with Gasteiger partial charge in [-0.3, -0.25) is 9.59 Å². The lowest BCUT2D eigenvalue weighted by Crippen LogP contribution is -2.20. The van der Waals surface area contributed by atoms with Crippen LogP contribution in [0.4, 0.5) is 11.4 Å². The lowest BCUT2D eigenvalue weighted by Gasteiger charge is -2.10. The Morgan fingerprint density at radius 1 is 0.742 bits per heavy atom. The first-order valence-corrected chi connectivity index (χ1v) is 10.0. The summed E-state index contributed by atoms with van der Waals surface area (Å²) in [4.78, 5) is 24.7. The van der Waals surface area contributed by atoms with Crippen LogP contribution in [0.5, 0.6) is 5.75 Å². The number of benzene rings is 4. The first kappa shape index (κ1) is 20.4. The van der Waals surface area contributed by atoms with Crippen molar-refractivity contribution in [3.63, 3.8) is 0 Å². The third kappa shape index (κ3) is 5.02. The lowest BCUT2D eigenvalue weighted by atomic mass is 10.1. The van der Waals surface area contributed by atoms with Gasteiger partial charge in [-0.05, 0) is 47.9 Å². The second-order valence-corrected chi connectivity index (χ2v) is 7.23. The molecule has 0 aromatic heterocycles. The van der Waals surface area contributed by atoms with Crippen molar-refractivity contribution in [2.75, 3.05) is 17.2 Å². The molecule has 0 heterocycles. The van der Waals surface area contributed by atoms with Crippen molar-refractivity contribution < 1.29 is 14.3 Å². The SMILES string of the molecule is O=C(COc1ccc(C(=O)Nc2ccccc2Cl)cc1)Nc1cccc2ccccc12. The number of anilines is 2. The quantitative estimate of drug-likeness (QED) is 0.408. The maximum absolute atomic E-state index is 12.4. The number of hydrogen-bond acceptors (Lipinski definition) is 3. The van der Waals surface area contributed by atoms with Gasteiger partial charge >= 0.3 is 0 Å². The normalized spacial score (nSPS) is 10.5. The van der Waals surface area contributed by atoms with Gasteiger partial charge in [-0.1, -0.05) is 60.1 Å². The molecule has 0 atom stereocenters. The number of fused-ring (bicyclic) bond motifs is 1. The summed E-state index contributed by atoms with van der Waals surface area (Å²) in [6.45, 7) is -0.144. The zero-order chi connectivity index (χ0) is 21.6. The summed E-state index contributed by atoms with van der Waals surface area (Å²) in [5.41, 5.74) is 1.73. The molecular weight excluding hydrogens is 412 g/mol. The molecule has 0 radical (unpaired) electrons. The predicted molar refractivity (Wildman–Crippen MR) is 124 cm³/mol. The van der Waals surface area contributed by atoms with Crippen LogP contribution in [0.25, 0.3) is 10.8 Å². The minimum atomic E-state index is -0.284. The Bertz CT molecular complexity index is 1230. The molecular formula is C25H19ClN2O3. The molecule has 4 aromatic rings. The first-order valence-electron chi connectivity index (χ1n) is 9.66. The molecule has 0 saturated carbocycles. The van der Waals surface area contributed by atoms with Crippen LogP contribution in [0.3, 0.4) is 0 Å². The van der Waals surface area contributed by atoms with Crippen LogP contribution in [-0.2, 0) is 4.79 Å². The average Bonchev–Trinajstić information content (AvgIpc) is 2.80. The largest absolute Gasteiger partial charge is 0.484 e. The zero-order valence-electron chi connectivity index (χ0n) is 16.5. The molecule has 4 rings (SSSR count). The van der Waals surface area contributed by atoms with Gasteiger partial charge in [-0.15, -0.1) is 0 Å². The molecule has 154 valence electrons. The molecule has 0 spiro atoms.